The van der Waals surface area contributed by atoms with Crippen LogP contribution in [0.25, 0.3) is 0 Å². The summed E-state index contributed by atoms with van der Waals surface area (Å²) in [7, 11) is 0. The Kier molecular flexibility index (Phi) is 6.70. The van der Waals surface area contributed by atoms with Crippen LogP contribution in [0.1, 0.15) is 77.7 Å². The first kappa shape index (κ1) is 23.0. The highest BCUT2D eigenvalue weighted by molar-refractivity contribution is 5.83. The predicted octanol–water partition coefficient (Wildman–Crippen LogP) is 4.50. The number of nitrogens with zero attached hydrogens (tertiary/aromatic N) is 2. The molecule has 174 valence electrons. The molecule has 4 unspecified atom stereocenters. The minimum atomic E-state index is -0.460. The Morgan fingerprint density at radius 3 is 1.81 bits per heavy atom. The normalized spacial score (nSPS) is 29.5. The molecule has 0 radical (unpaired) electrons. The molecule has 0 saturated carbocycles. The lowest BCUT2D eigenvalue weighted by molar-refractivity contribution is -0.124. The summed E-state index contributed by atoms with van der Waals surface area (Å²) in [5.41, 5.74) is 0.909. The van der Waals surface area contributed by atoms with Gasteiger partial charge in [0.1, 0.15) is 17.2 Å². The molecule has 32 heavy (non-hydrogen) atoms. The molecular weight excluding hydrogens is 404 g/mol. The quantitative estimate of drug-likeness (QED) is 0.677. The second kappa shape index (κ2) is 9.34. The van der Waals surface area contributed by atoms with Crippen LogP contribution in [0.5, 0.6) is 0 Å². The number of benzene rings is 1. The number of ketones is 2. The van der Waals surface area contributed by atoms with E-state index >= 15 is 0 Å². The molecule has 4 fully saturated rings. The van der Waals surface area contributed by atoms with E-state index in [-0.39, 0.29) is 24.0 Å². The maximum absolute atomic E-state index is 12.0. The van der Waals surface area contributed by atoms with Crippen LogP contribution in [0.15, 0.2) is 30.3 Å². The largest absolute Gasteiger partial charge is 0.444 e. The van der Waals surface area contributed by atoms with Crippen LogP contribution in [0.2, 0.25) is 0 Å². The Bertz CT molecular complexity index is 815. The van der Waals surface area contributed by atoms with Crippen LogP contribution in [0.4, 0.5) is 4.79 Å². The molecule has 0 aliphatic carbocycles. The number of amides is 1. The minimum Gasteiger partial charge on any atom is -0.444 e. The fraction of sp³-hybridized carbons (Fsp3) is 0.654. The van der Waals surface area contributed by atoms with Crippen LogP contribution >= 0.6 is 0 Å². The highest BCUT2D eigenvalue weighted by Crippen LogP contribution is 2.36. The highest BCUT2D eigenvalue weighted by atomic mass is 16.6. The summed E-state index contributed by atoms with van der Waals surface area (Å²) < 4.78 is 5.37. The number of fused-ring (bicyclic) bond motifs is 4. The summed E-state index contributed by atoms with van der Waals surface area (Å²) >= 11 is 0. The molecule has 0 N–H and O–H groups in total. The average molecular weight is 441 g/mol. The van der Waals surface area contributed by atoms with Crippen LogP contribution < -0.4 is 0 Å². The van der Waals surface area contributed by atoms with Gasteiger partial charge in [0.25, 0.3) is 0 Å². The van der Waals surface area contributed by atoms with Crippen molar-refractivity contribution in [3.05, 3.63) is 35.9 Å². The Balaban J connectivity index is 0.000000153. The van der Waals surface area contributed by atoms with Crippen molar-refractivity contribution in [1.82, 2.24) is 9.80 Å². The Hall–Kier alpha value is -2.21. The zero-order valence-electron chi connectivity index (χ0n) is 19.6. The molecule has 4 aliphatic heterocycles. The first-order valence-corrected chi connectivity index (χ1v) is 12.0. The maximum Gasteiger partial charge on any atom is 0.410 e. The zero-order chi connectivity index (χ0) is 22.9. The summed E-state index contributed by atoms with van der Waals surface area (Å²) in [6.45, 7) is 6.61. The average Bonchev–Trinajstić information content (AvgIpc) is 3.11. The summed E-state index contributed by atoms with van der Waals surface area (Å²) in [6, 6.07) is 11.8. The van der Waals surface area contributed by atoms with Crippen molar-refractivity contribution in [1.29, 1.82) is 0 Å². The van der Waals surface area contributed by atoms with Crippen molar-refractivity contribution in [2.24, 2.45) is 0 Å². The molecule has 4 bridgehead atoms. The van der Waals surface area contributed by atoms with E-state index in [0.717, 1.165) is 32.2 Å². The zero-order valence-corrected chi connectivity index (χ0v) is 19.6. The van der Waals surface area contributed by atoms with E-state index in [1.807, 2.05) is 20.8 Å². The molecule has 0 spiro atoms. The van der Waals surface area contributed by atoms with Gasteiger partial charge in [-0.25, -0.2) is 4.79 Å². The van der Waals surface area contributed by atoms with Crippen molar-refractivity contribution < 1.29 is 19.1 Å². The summed E-state index contributed by atoms with van der Waals surface area (Å²) in [6.07, 6.45) is 6.63. The topological polar surface area (TPSA) is 66.9 Å². The number of carbonyl (C=O) groups excluding carboxylic acids is 3. The Morgan fingerprint density at radius 1 is 0.844 bits per heavy atom. The van der Waals surface area contributed by atoms with Crippen molar-refractivity contribution in [3.63, 3.8) is 0 Å². The second-order valence-corrected chi connectivity index (χ2v) is 10.7. The number of piperidine rings is 2. The molecule has 6 heteroatoms. The van der Waals surface area contributed by atoms with Gasteiger partial charge in [0.2, 0.25) is 0 Å². The van der Waals surface area contributed by atoms with Gasteiger partial charge in [0.05, 0.1) is 0 Å². The van der Waals surface area contributed by atoms with E-state index in [0.29, 0.717) is 30.7 Å². The van der Waals surface area contributed by atoms with Gasteiger partial charge in [0, 0.05) is 56.4 Å². The van der Waals surface area contributed by atoms with Crippen molar-refractivity contribution in [3.8, 4) is 0 Å². The fourth-order valence-electron chi connectivity index (χ4n) is 5.70. The summed E-state index contributed by atoms with van der Waals surface area (Å²) in [5.74, 6) is 0.754. The van der Waals surface area contributed by atoms with Crippen LogP contribution in [-0.2, 0) is 20.9 Å². The van der Waals surface area contributed by atoms with E-state index in [4.69, 9.17) is 4.74 Å². The molecular formula is C26H36N2O4. The van der Waals surface area contributed by atoms with Crippen LogP contribution in [-0.4, -0.2) is 57.2 Å². The molecule has 4 saturated heterocycles. The number of ether oxygens (including phenoxy) is 1. The van der Waals surface area contributed by atoms with E-state index in [2.05, 4.69) is 35.2 Å². The van der Waals surface area contributed by atoms with Gasteiger partial charge >= 0.3 is 6.09 Å². The summed E-state index contributed by atoms with van der Waals surface area (Å²) in [4.78, 5) is 39.2. The number of Topliss-reactive ketones (excluding diaryl/α,β-unsaturated/α-hetero) is 2. The Morgan fingerprint density at radius 2 is 1.31 bits per heavy atom. The van der Waals surface area contributed by atoms with Gasteiger partial charge in [-0.1, -0.05) is 30.3 Å². The number of hydrogen-bond acceptors (Lipinski definition) is 5. The lowest BCUT2D eigenvalue weighted by atomic mass is 10.0. The van der Waals surface area contributed by atoms with E-state index in [1.54, 1.807) is 4.90 Å². The minimum absolute atomic E-state index is 0.0844. The van der Waals surface area contributed by atoms with E-state index < -0.39 is 5.60 Å². The molecule has 4 heterocycles. The third-order valence-electron chi connectivity index (χ3n) is 7.06. The van der Waals surface area contributed by atoms with Gasteiger partial charge in [0.15, 0.2) is 0 Å². The van der Waals surface area contributed by atoms with Gasteiger partial charge in [-0.3, -0.25) is 14.5 Å². The lowest BCUT2D eigenvalue weighted by Gasteiger charge is -2.35. The number of rotatable bonds is 2. The maximum atomic E-state index is 12.0. The number of hydrogen-bond donors (Lipinski definition) is 0. The predicted molar refractivity (Wildman–Crippen MR) is 122 cm³/mol. The third kappa shape index (κ3) is 5.40. The SMILES string of the molecule is CC(C)(C)OC(=O)N1C2CCC1CC(=O)C2.O=C1CC2CCC(C1)N2Cc1ccccc1. The van der Waals surface area contributed by atoms with Gasteiger partial charge in [-0.15, -0.1) is 0 Å². The van der Waals surface area contributed by atoms with Crippen molar-refractivity contribution >= 4 is 17.7 Å². The van der Waals surface area contributed by atoms with Gasteiger partial charge in [-0.2, -0.15) is 0 Å². The molecule has 1 amide bonds. The van der Waals surface area contributed by atoms with Gasteiger partial charge < -0.3 is 9.64 Å². The monoisotopic (exact) mass is 440 g/mol. The highest BCUT2D eigenvalue weighted by Gasteiger charge is 2.44. The van der Waals surface area contributed by atoms with Crippen molar-refractivity contribution in [2.45, 2.75) is 108 Å². The molecule has 1 aromatic carbocycles. The van der Waals surface area contributed by atoms with Crippen molar-refractivity contribution in [2.75, 3.05) is 0 Å². The van der Waals surface area contributed by atoms with E-state index in [1.165, 1.54) is 18.4 Å². The lowest BCUT2D eigenvalue weighted by Crippen LogP contribution is -2.48. The molecule has 4 aliphatic rings. The first-order valence-electron chi connectivity index (χ1n) is 12.0. The number of carbonyl (C=O) groups is 3. The van der Waals surface area contributed by atoms with Crippen LogP contribution in [0, 0.1) is 0 Å². The second-order valence-electron chi connectivity index (χ2n) is 10.7. The third-order valence-corrected chi connectivity index (χ3v) is 7.06. The van der Waals surface area contributed by atoms with E-state index in [9.17, 15) is 14.4 Å². The molecule has 1 aromatic rings. The molecule has 0 aromatic heterocycles. The first-order chi connectivity index (χ1) is 15.2. The van der Waals surface area contributed by atoms with Crippen LogP contribution in [0.3, 0.4) is 0 Å². The molecule has 5 rings (SSSR count). The Labute approximate surface area is 191 Å². The standard InChI is InChI=1S/C14H17NO.C12H19NO3/c16-14-8-12-6-7-13(9-14)15(12)10-11-4-2-1-3-5-11;1-12(2,3)16-11(15)13-8-4-5-9(13)7-10(14)6-8/h1-5,12-13H,6-10H2;8-9H,4-7H2,1-3H3. The van der Waals surface area contributed by atoms with Gasteiger partial charge in [-0.05, 0) is 52.0 Å². The molecule has 4 atom stereocenters. The summed E-state index contributed by atoms with van der Waals surface area (Å²) in [5, 5.41) is 0. The molecule has 6 nitrogen and oxygen atoms in total. The smallest absolute Gasteiger partial charge is 0.410 e. The fourth-order valence-corrected chi connectivity index (χ4v) is 5.70.